The average molecular weight is 361 g/mol. The van der Waals surface area contributed by atoms with Crippen molar-refractivity contribution in [3.8, 4) is 12.1 Å². The van der Waals surface area contributed by atoms with Crippen LogP contribution < -0.4 is 5.32 Å². The lowest BCUT2D eigenvalue weighted by molar-refractivity contribution is 0.143. The first-order valence-corrected chi connectivity index (χ1v) is 8.90. The first-order chi connectivity index (χ1) is 13.1. The van der Waals surface area contributed by atoms with Gasteiger partial charge >= 0.3 is 6.03 Å². The van der Waals surface area contributed by atoms with Gasteiger partial charge in [-0.1, -0.05) is 6.92 Å². The van der Waals surface area contributed by atoms with Crippen molar-refractivity contribution in [2.75, 3.05) is 19.6 Å². The van der Waals surface area contributed by atoms with Crippen molar-refractivity contribution in [3.63, 3.8) is 0 Å². The maximum Gasteiger partial charge on any atom is 0.318 e. The first kappa shape index (κ1) is 16.9. The Hall–Kier alpha value is -3.52. The highest BCUT2D eigenvalue weighted by atomic mass is 16.2. The fraction of sp³-hybridized carbons (Fsp3) is 0.368. The van der Waals surface area contributed by atoms with Gasteiger partial charge in [0.2, 0.25) is 0 Å². The van der Waals surface area contributed by atoms with Gasteiger partial charge in [-0.25, -0.2) is 9.78 Å². The van der Waals surface area contributed by atoms with Crippen LogP contribution in [0.1, 0.15) is 24.9 Å². The molecule has 1 aliphatic heterocycles. The van der Waals surface area contributed by atoms with Gasteiger partial charge in [0, 0.05) is 37.1 Å². The summed E-state index contributed by atoms with van der Waals surface area (Å²) in [4.78, 5) is 21.5. The van der Waals surface area contributed by atoms with Gasteiger partial charge in [0.05, 0.1) is 28.6 Å². The number of fused-ring (bicyclic) bond motifs is 3. The Labute approximate surface area is 156 Å². The molecule has 3 aromatic heterocycles. The van der Waals surface area contributed by atoms with Crippen LogP contribution in [0.4, 0.5) is 4.79 Å². The van der Waals surface area contributed by atoms with Crippen molar-refractivity contribution in [2.45, 2.75) is 19.4 Å². The number of likely N-dealkylation sites (tertiary alicyclic amines) is 1. The van der Waals surface area contributed by atoms with Crippen LogP contribution in [0.25, 0.3) is 21.9 Å². The van der Waals surface area contributed by atoms with Crippen LogP contribution in [0.2, 0.25) is 0 Å². The molecule has 0 spiro atoms. The minimum absolute atomic E-state index is 0.00315. The summed E-state index contributed by atoms with van der Waals surface area (Å²) in [6.07, 6.45) is 6.37. The highest BCUT2D eigenvalue weighted by Crippen LogP contribution is 2.34. The van der Waals surface area contributed by atoms with Gasteiger partial charge in [0.15, 0.2) is 0 Å². The minimum Gasteiger partial charge on any atom is -0.345 e. The van der Waals surface area contributed by atoms with E-state index in [0.717, 1.165) is 22.7 Å². The van der Waals surface area contributed by atoms with Crippen LogP contribution in [0, 0.1) is 28.6 Å². The second-order valence-electron chi connectivity index (χ2n) is 6.92. The van der Waals surface area contributed by atoms with Crippen molar-refractivity contribution in [1.82, 2.24) is 24.8 Å². The summed E-state index contributed by atoms with van der Waals surface area (Å²) >= 11 is 0. The predicted octanol–water partition coefficient (Wildman–Crippen LogP) is 2.51. The number of rotatable bonds is 2. The molecule has 1 aliphatic rings. The number of amides is 2. The van der Waals surface area contributed by atoms with Gasteiger partial charge in [-0.3, -0.25) is 0 Å². The monoisotopic (exact) mass is 361 g/mol. The second-order valence-corrected chi connectivity index (χ2v) is 6.92. The molecule has 0 bridgehead atoms. The van der Waals surface area contributed by atoms with E-state index in [4.69, 9.17) is 5.26 Å². The number of aromatic amines is 1. The van der Waals surface area contributed by atoms with Crippen LogP contribution in [-0.2, 0) is 0 Å². The van der Waals surface area contributed by atoms with E-state index in [1.165, 1.54) is 0 Å². The number of nitrogens with zero attached hydrogens (tertiary/aromatic N) is 5. The number of nitriles is 2. The molecular weight excluding hydrogens is 342 g/mol. The number of urea groups is 1. The fourth-order valence-corrected chi connectivity index (χ4v) is 3.92. The Kier molecular flexibility index (Phi) is 4.17. The molecule has 27 heavy (non-hydrogen) atoms. The number of carbonyl (C=O) groups is 1. The SMILES string of the molecule is C[C@@H]1CCN(C(=O)NCC#N)C[C@@H]1n1ccc2cnc3[nH]cc(C#N)c3c21. The summed E-state index contributed by atoms with van der Waals surface area (Å²) in [7, 11) is 0. The molecule has 2 N–H and O–H groups in total. The Morgan fingerprint density at radius 3 is 3.11 bits per heavy atom. The third-order valence-corrected chi connectivity index (χ3v) is 5.38. The summed E-state index contributed by atoms with van der Waals surface area (Å²) in [5.41, 5.74) is 2.22. The second kappa shape index (κ2) is 6.65. The molecule has 1 fully saturated rings. The van der Waals surface area contributed by atoms with Crippen LogP contribution in [-0.4, -0.2) is 45.1 Å². The van der Waals surface area contributed by atoms with E-state index in [1.54, 1.807) is 17.3 Å². The molecule has 136 valence electrons. The molecule has 1 saturated heterocycles. The van der Waals surface area contributed by atoms with Crippen molar-refractivity contribution >= 4 is 28.0 Å². The van der Waals surface area contributed by atoms with Gasteiger partial charge in [0.25, 0.3) is 0 Å². The maximum absolute atomic E-state index is 12.3. The number of pyridine rings is 1. The summed E-state index contributed by atoms with van der Waals surface area (Å²) < 4.78 is 2.17. The summed E-state index contributed by atoms with van der Waals surface area (Å²) in [6, 6.07) is 6.03. The molecule has 2 atom stereocenters. The lowest BCUT2D eigenvalue weighted by Crippen LogP contribution is -2.48. The summed E-state index contributed by atoms with van der Waals surface area (Å²) in [6.45, 7) is 3.40. The Balaban J connectivity index is 1.77. The molecule has 0 aliphatic carbocycles. The molecule has 8 nitrogen and oxygen atoms in total. The Morgan fingerprint density at radius 1 is 1.48 bits per heavy atom. The third-order valence-electron chi connectivity index (χ3n) is 5.38. The number of hydrogen-bond donors (Lipinski definition) is 2. The molecular formula is C19H19N7O. The smallest absolute Gasteiger partial charge is 0.318 e. The normalized spacial score (nSPS) is 19.7. The topological polar surface area (TPSA) is 114 Å². The van der Waals surface area contributed by atoms with Crippen LogP contribution >= 0.6 is 0 Å². The van der Waals surface area contributed by atoms with Crippen molar-refractivity contribution in [1.29, 1.82) is 10.5 Å². The largest absolute Gasteiger partial charge is 0.345 e. The number of carbonyl (C=O) groups excluding carboxylic acids is 1. The zero-order chi connectivity index (χ0) is 19.0. The van der Waals surface area contributed by atoms with Crippen molar-refractivity contribution in [3.05, 3.63) is 30.2 Å². The molecule has 2 amide bonds. The van der Waals surface area contributed by atoms with E-state index in [0.29, 0.717) is 30.2 Å². The van der Waals surface area contributed by atoms with E-state index in [1.807, 2.05) is 18.3 Å². The number of nitrogens with one attached hydrogen (secondary N) is 2. The molecule has 0 radical (unpaired) electrons. The van der Waals surface area contributed by atoms with E-state index in [-0.39, 0.29) is 18.6 Å². The number of H-pyrrole nitrogens is 1. The van der Waals surface area contributed by atoms with Crippen LogP contribution in [0.5, 0.6) is 0 Å². The minimum atomic E-state index is -0.212. The van der Waals surface area contributed by atoms with Gasteiger partial charge in [-0.05, 0) is 18.4 Å². The highest BCUT2D eigenvalue weighted by Gasteiger charge is 2.31. The predicted molar refractivity (Wildman–Crippen MR) is 99.7 cm³/mol. The third kappa shape index (κ3) is 2.76. The quantitative estimate of drug-likeness (QED) is 0.683. The maximum atomic E-state index is 12.3. The van der Waals surface area contributed by atoms with Gasteiger partial charge in [-0.2, -0.15) is 10.5 Å². The standard InChI is InChI=1S/C19H19N7O/c1-12-2-6-25(19(27)22-5-4-20)11-15(12)26-7-3-13-9-23-18-16(17(13)26)14(8-21)10-24-18/h3,7,9-10,12,15H,2,5-6,11H2,1H3,(H,22,27)(H,23,24)/t12-,15+/m1/s1. The van der Waals surface area contributed by atoms with Crippen LogP contribution in [0.3, 0.4) is 0 Å². The molecule has 8 heteroatoms. The lowest BCUT2D eigenvalue weighted by Gasteiger charge is -2.38. The molecule has 0 aromatic carbocycles. The molecule has 4 rings (SSSR count). The van der Waals surface area contributed by atoms with Crippen molar-refractivity contribution < 1.29 is 4.79 Å². The van der Waals surface area contributed by atoms with E-state index in [2.05, 4.69) is 32.8 Å². The van der Waals surface area contributed by atoms with Gasteiger partial charge < -0.3 is 19.8 Å². The van der Waals surface area contributed by atoms with E-state index < -0.39 is 0 Å². The number of aromatic nitrogens is 3. The lowest BCUT2D eigenvalue weighted by atomic mass is 9.93. The van der Waals surface area contributed by atoms with Crippen molar-refractivity contribution in [2.24, 2.45) is 5.92 Å². The van der Waals surface area contributed by atoms with E-state index >= 15 is 0 Å². The van der Waals surface area contributed by atoms with Gasteiger partial charge in [0.1, 0.15) is 18.3 Å². The fourth-order valence-electron chi connectivity index (χ4n) is 3.92. The zero-order valence-corrected chi connectivity index (χ0v) is 14.9. The molecule has 0 saturated carbocycles. The molecule has 0 unspecified atom stereocenters. The number of piperidine rings is 1. The summed E-state index contributed by atoms with van der Waals surface area (Å²) in [5, 5.41) is 22.6. The van der Waals surface area contributed by atoms with Gasteiger partial charge in [-0.15, -0.1) is 0 Å². The van der Waals surface area contributed by atoms with Crippen LogP contribution in [0.15, 0.2) is 24.7 Å². The number of hydrogen-bond acceptors (Lipinski definition) is 4. The Morgan fingerprint density at radius 2 is 2.33 bits per heavy atom. The molecule has 4 heterocycles. The highest BCUT2D eigenvalue weighted by molar-refractivity contribution is 6.05. The summed E-state index contributed by atoms with van der Waals surface area (Å²) in [5.74, 6) is 0.369. The molecule has 3 aromatic rings. The average Bonchev–Trinajstić information content (AvgIpc) is 3.29. The van der Waals surface area contributed by atoms with E-state index in [9.17, 15) is 10.1 Å². The zero-order valence-electron chi connectivity index (χ0n) is 14.9. The first-order valence-electron chi connectivity index (χ1n) is 8.90. The Bertz CT molecular complexity index is 1100.